The number of carbonyl (C=O) groups is 4. The van der Waals surface area contributed by atoms with Crippen molar-refractivity contribution in [2.75, 3.05) is 27.9 Å². The zero-order chi connectivity index (χ0) is 49.0. The average molecular weight is 943 g/mol. The number of rotatable bonds is 9. The van der Waals surface area contributed by atoms with Crippen molar-refractivity contribution >= 4 is 34.2 Å². The second kappa shape index (κ2) is 22.6. The highest BCUT2D eigenvalue weighted by atomic mass is 16.5. The Kier molecular flexibility index (Phi) is 17.3. The van der Waals surface area contributed by atoms with Crippen LogP contribution in [-0.4, -0.2) is 113 Å². The van der Waals surface area contributed by atoms with Crippen molar-refractivity contribution < 1.29 is 48.3 Å². The maximum Gasteiger partial charge on any atom is 0.293 e. The van der Waals surface area contributed by atoms with Gasteiger partial charge in [-0.2, -0.15) is 0 Å². The van der Waals surface area contributed by atoms with Gasteiger partial charge in [-0.25, -0.2) is 0 Å². The number of ketones is 3. The predicted octanol–water partition coefficient (Wildman–Crippen LogP) is 9.18. The minimum absolute atomic E-state index is 0.000416. The minimum Gasteiger partial charge on any atom is -0.488 e. The number of aliphatic hydroxyl groups excluding tert-OH is 1. The van der Waals surface area contributed by atoms with Gasteiger partial charge in [0, 0.05) is 75.7 Å². The second-order valence-corrected chi connectivity index (χ2v) is 21.9. The lowest BCUT2D eigenvalue weighted by molar-refractivity contribution is -0.176. The van der Waals surface area contributed by atoms with Crippen molar-refractivity contribution in [2.45, 2.75) is 186 Å². The molecule has 5 aliphatic rings. The summed E-state index contributed by atoms with van der Waals surface area (Å²) in [4.78, 5) is 59.4. The molecule has 2 N–H and O–H groups in total. The fourth-order valence-electron chi connectivity index (χ4n) is 12.7. The first-order chi connectivity index (χ1) is 32.5. The molecular formula is C56H82N2O10. The van der Waals surface area contributed by atoms with Crippen LogP contribution in [0.3, 0.4) is 0 Å². The van der Waals surface area contributed by atoms with E-state index in [1.165, 1.54) is 28.6 Å². The highest BCUT2D eigenvalue weighted by molar-refractivity contribution is 6.39. The topological polar surface area (TPSA) is 154 Å². The Bertz CT molecular complexity index is 2160. The van der Waals surface area contributed by atoms with Gasteiger partial charge in [0.25, 0.3) is 11.7 Å². The van der Waals surface area contributed by atoms with E-state index in [4.69, 9.17) is 18.9 Å². The Hall–Kier alpha value is -3.68. The lowest BCUT2D eigenvalue weighted by Crippen LogP contribution is -2.61. The first kappa shape index (κ1) is 52.2. The van der Waals surface area contributed by atoms with Gasteiger partial charge in [0.15, 0.2) is 5.78 Å². The molecule has 1 aromatic heterocycles. The number of hydrogen-bond acceptors (Lipinski definition) is 10. The molecule has 3 saturated carbocycles. The third kappa shape index (κ3) is 11.6. The summed E-state index contributed by atoms with van der Waals surface area (Å²) in [7, 11) is 5.00. The zero-order valence-electron chi connectivity index (χ0n) is 42.5. The van der Waals surface area contributed by atoms with Crippen LogP contribution >= 0.6 is 0 Å². The monoisotopic (exact) mass is 943 g/mol. The van der Waals surface area contributed by atoms with Gasteiger partial charge in [0.1, 0.15) is 23.2 Å². The molecule has 3 heterocycles. The minimum atomic E-state index is -1.97. The maximum atomic E-state index is 14.8. The predicted molar refractivity (Wildman–Crippen MR) is 263 cm³/mol. The fourth-order valence-corrected chi connectivity index (χ4v) is 12.7. The van der Waals surface area contributed by atoms with E-state index in [-0.39, 0.29) is 85.5 Å². The Morgan fingerprint density at radius 3 is 2.25 bits per heavy atom. The number of fused-ring (bicyclic) bond motifs is 4. The molecule has 14 unspecified atom stereocenters. The molecule has 1 amide bonds. The van der Waals surface area contributed by atoms with Gasteiger partial charge in [0.2, 0.25) is 0 Å². The van der Waals surface area contributed by atoms with E-state index >= 15 is 0 Å². The molecule has 14 atom stereocenters. The molecule has 12 nitrogen and oxygen atoms in total. The largest absolute Gasteiger partial charge is 0.488 e. The van der Waals surface area contributed by atoms with Crippen molar-refractivity contribution in [3.8, 4) is 5.75 Å². The van der Waals surface area contributed by atoms with E-state index in [2.05, 4.69) is 48.0 Å². The maximum absolute atomic E-state index is 14.8. The van der Waals surface area contributed by atoms with Gasteiger partial charge >= 0.3 is 0 Å². The highest BCUT2D eigenvalue weighted by Crippen LogP contribution is 2.44. The van der Waals surface area contributed by atoms with Gasteiger partial charge < -0.3 is 38.6 Å². The molecule has 12 heteroatoms. The molecule has 68 heavy (non-hydrogen) atoms. The number of amides is 1. The molecule has 0 spiro atoms. The summed E-state index contributed by atoms with van der Waals surface area (Å²) < 4.78 is 27.1. The summed E-state index contributed by atoms with van der Waals surface area (Å²) in [5, 5.41) is 25.6. The fraction of sp³-hybridized carbons (Fsp3) is 0.714. The molecule has 2 aliphatic heterocycles. The van der Waals surface area contributed by atoms with E-state index < -0.39 is 47.2 Å². The van der Waals surface area contributed by atoms with Crippen LogP contribution in [0.5, 0.6) is 5.75 Å². The average Bonchev–Trinajstić information content (AvgIpc) is 4.09. The van der Waals surface area contributed by atoms with Crippen LogP contribution in [0.2, 0.25) is 0 Å². The van der Waals surface area contributed by atoms with Crippen LogP contribution in [0.4, 0.5) is 0 Å². The van der Waals surface area contributed by atoms with Gasteiger partial charge in [-0.15, -0.1) is 0 Å². The number of aromatic nitrogens is 1. The quantitative estimate of drug-likeness (QED) is 0.184. The molecule has 4 fully saturated rings. The smallest absolute Gasteiger partial charge is 0.293 e. The van der Waals surface area contributed by atoms with Crippen molar-refractivity contribution in [3.63, 3.8) is 0 Å². The van der Waals surface area contributed by atoms with Gasteiger partial charge in [-0.3, -0.25) is 19.2 Å². The lowest BCUT2D eigenvalue weighted by Gasteiger charge is -2.47. The van der Waals surface area contributed by atoms with Crippen LogP contribution < -0.4 is 4.74 Å². The van der Waals surface area contributed by atoms with Gasteiger partial charge in [-0.05, 0) is 151 Å². The van der Waals surface area contributed by atoms with E-state index in [9.17, 15) is 29.4 Å². The first-order valence-corrected chi connectivity index (χ1v) is 26.0. The third-order valence-electron chi connectivity index (χ3n) is 17.0. The molecule has 376 valence electrons. The zero-order valence-corrected chi connectivity index (χ0v) is 42.5. The molecule has 7 rings (SSSR count). The van der Waals surface area contributed by atoms with E-state index in [1.807, 2.05) is 33.8 Å². The van der Waals surface area contributed by atoms with Crippen LogP contribution in [0.25, 0.3) is 10.9 Å². The van der Waals surface area contributed by atoms with E-state index in [1.54, 1.807) is 28.3 Å². The molecule has 3 aliphatic carbocycles. The van der Waals surface area contributed by atoms with Crippen LogP contribution in [0.15, 0.2) is 53.8 Å². The van der Waals surface area contributed by atoms with Crippen molar-refractivity contribution in [2.24, 2.45) is 41.4 Å². The summed E-state index contributed by atoms with van der Waals surface area (Å²) in [5.74, 6) is -3.09. The van der Waals surface area contributed by atoms with Crippen molar-refractivity contribution in [1.82, 2.24) is 9.47 Å². The van der Waals surface area contributed by atoms with E-state index in [0.29, 0.717) is 57.4 Å². The van der Waals surface area contributed by atoms with Crippen molar-refractivity contribution in [3.05, 3.63) is 53.8 Å². The summed E-state index contributed by atoms with van der Waals surface area (Å²) in [5.41, 5.74) is 1.27. The number of ether oxygens (including phenoxy) is 4. The number of piperidine rings is 1. The number of methoxy groups -OCH3 is 3. The van der Waals surface area contributed by atoms with Gasteiger partial charge in [-0.1, -0.05) is 51.0 Å². The second-order valence-electron chi connectivity index (χ2n) is 21.9. The van der Waals surface area contributed by atoms with Gasteiger partial charge in [0.05, 0.1) is 30.5 Å². The Labute approximate surface area is 405 Å². The third-order valence-corrected chi connectivity index (χ3v) is 17.0. The summed E-state index contributed by atoms with van der Waals surface area (Å²) >= 11 is 0. The number of carbonyl (C=O) groups excluding carboxylic acids is 4. The SMILES string of the molecule is CCC1/C=C(\C)CC(C)CC(OC)C2CC(O)(C(=O)C(=O)N3CCCCC3C(=O)CC(C(C)=CC3CCC(Oc4ccc5c(ccn5C5CC5)c4)C(OC)C3)C(C)C(O)CC1=O)C(C)CC2OC. The van der Waals surface area contributed by atoms with Crippen LogP contribution in [0.1, 0.15) is 144 Å². The Balaban J connectivity index is 1.16. The number of allylic oxidation sites excluding steroid dienone is 4. The molecule has 2 bridgehead atoms. The highest BCUT2D eigenvalue weighted by Gasteiger charge is 2.55. The van der Waals surface area contributed by atoms with E-state index in [0.717, 1.165) is 29.7 Å². The normalized spacial score (nSPS) is 37.6. The molecular weight excluding hydrogens is 861 g/mol. The van der Waals surface area contributed by atoms with Crippen LogP contribution in [-0.2, 0) is 33.4 Å². The molecule has 0 radical (unpaired) electrons. The molecule has 1 saturated heterocycles. The lowest BCUT2D eigenvalue weighted by atomic mass is 9.65. The standard InChI is InChI=1S/C56H82N2O10/c1-10-39-24-33(2)23-34(3)25-51(65-7)44-32-56(64,36(5)27-52(44)66-8)54(62)55(63)58-21-12-11-13-46(58)49(61)30-43(37(6)47(59)31-48(39)60)35(4)26-38-14-19-50(53(28-38)67-9)68-42-17-18-45-40(29-42)20-22-57(45)41-15-16-41/h17-18,20,22,24,26,29,34,36-39,41,43-44,46-47,50-53,59,64H,10-16,19,21,23,25,27-28,30-32H2,1-9H3/b33-24+,35-26?. The number of aliphatic hydroxyl groups is 2. The number of Topliss-reactive ketones (excluding diaryl/α,β-unsaturated/α-hetero) is 3. The summed E-state index contributed by atoms with van der Waals surface area (Å²) in [6.45, 7) is 12.1. The Morgan fingerprint density at radius 2 is 1.56 bits per heavy atom. The first-order valence-electron chi connectivity index (χ1n) is 26.0. The van der Waals surface area contributed by atoms with Crippen LogP contribution in [0, 0.1) is 41.4 Å². The summed E-state index contributed by atoms with van der Waals surface area (Å²) in [6.07, 6.45) is 13.2. The number of benzene rings is 1. The molecule has 1 aromatic carbocycles. The summed E-state index contributed by atoms with van der Waals surface area (Å²) in [6, 6.07) is 8.23. The molecule has 2 aromatic rings. The number of nitrogens with zero attached hydrogens (tertiary/aromatic N) is 2. The number of hydrogen-bond donors (Lipinski definition) is 2. The Morgan fingerprint density at radius 1 is 0.838 bits per heavy atom. The van der Waals surface area contributed by atoms with Crippen molar-refractivity contribution in [1.29, 1.82) is 0 Å².